The van der Waals surface area contributed by atoms with E-state index in [2.05, 4.69) is 52.5 Å². The standard InChI is InChI=1S/C20H30N4O/c1-2-21-20(22-15-19(25)23-12-7-4-8-13-23)24-14-11-18(16-24)17-9-5-3-6-10-17/h3,5-6,9-10,18H,2,4,7-8,11-16H2,1H3,(H,21,22). The number of carbonyl (C=O) groups excluding carboxylic acids is 1. The van der Waals surface area contributed by atoms with Gasteiger partial charge in [-0.1, -0.05) is 30.3 Å². The van der Waals surface area contributed by atoms with Gasteiger partial charge in [0.15, 0.2) is 5.96 Å². The highest BCUT2D eigenvalue weighted by atomic mass is 16.2. The van der Waals surface area contributed by atoms with Crippen molar-refractivity contribution in [3.05, 3.63) is 35.9 Å². The van der Waals surface area contributed by atoms with Crippen LogP contribution in [0.5, 0.6) is 0 Å². The predicted octanol–water partition coefficient (Wildman–Crippen LogP) is 2.45. The largest absolute Gasteiger partial charge is 0.357 e. The van der Waals surface area contributed by atoms with Gasteiger partial charge in [-0.25, -0.2) is 4.99 Å². The zero-order valence-electron chi connectivity index (χ0n) is 15.3. The summed E-state index contributed by atoms with van der Waals surface area (Å²) in [4.78, 5) is 21.3. The minimum Gasteiger partial charge on any atom is -0.357 e. The van der Waals surface area contributed by atoms with E-state index < -0.39 is 0 Å². The van der Waals surface area contributed by atoms with Gasteiger partial charge in [-0.15, -0.1) is 0 Å². The van der Waals surface area contributed by atoms with Crippen LogP contribution in [-0.2, 0) is 4.79 Å². The van der Waals surface area contributed by atoms with Crippen molar-refractivity contribution in [3.63, 3.8) is 0 Å². The molecule has 5 nitrogen and oxygen atoms in total. The topological polar surface area (TPSA) is 47.9 Å². The second kappa shape index (κ2) is 8.88. The predicted molar refractivity (Wildman–Crippen MR) is 102 cm³/mol. The molecule has 1 aromatic carbocycles. The molecule has 2 saturated heterocycles. The molecule has 3 rings (SSSR count). The molecule has 2 heterocycles. The first kappa shape index (κ1) is 17.8. The fourth-order valence-corrected chi connectivity index (χ4v) is 3.76. The normalized spacial score (nSPS) is 21.5. The maximum atomic E-state index is 12.4. The summed E-state index contributed by atoms with van der Waals surface area (Å²) < 4.78 is 0. The Kier molecular flexibility index (Phi) is 6.31. The van der Waals surface area contributed by atoms with E-state index in [1.165, 1.54) is 12.0 Å². The van der Waals surface area contributed by atoms with Crippen molar-refractivity contribution < 1.29 is 4.79 Å². The van der Waals surface area contributed by atoms with Crippen molar-refractivity contribution in [2.24, 2.45) is 4.99 Å². The van der Waals surface area contributed by atoms with E-state index in [-0.39, 0.29) is 12.5 Å². The quantitative estimate of drug-likeness (QED) is 0.675. The van der Waals surface area contributed by atoms with Crippen molar-refractivity contribution in [3.8, 4) is 0 Å². The zero-order chi connectivity index (χ0) is 17.5. The third-order valence-electron chi connectivity index (χ3n) is 5.17. The molecule has 1 N–H and O–H groups in total. The van der Waals surface area contributed by atoms with Crippen molar-refractivity contribution in [2.75, 3.05) is 39.3 Å². The van der Waals surface area contributed by atoms with E-state index in [1.54, 1.807) is 0 Å². The molecule has 2 aliphatic rings. The van der Waals surface area contributed by atoms with Crippen LogP contribution in [0.1, 0.15) is 44.1 Å². The highest BCUT2D eigenvalue weighted by Gasteiger charge is 2.26. The van der Waals surface area contributed by atoms with Gasteiger partial charge in [-0.05, 0) is 38.2 Å². The molecule has 0 saturated carbocycles. The molecule has 0 spiro atoms. The summed E-state index contributed by atoms with van der Waals surface area (Å²) in [6.45, 7) is 6.90. The van der Waals surface area contributed by atoms with Gasteiger partial charge in [0.05, 0.1) is 0 Å². The Morgan fingerprint density at radius 1 is 1.12 bits per heavy atom. The first-order valence-electron chi connectivity index (χ1n) is 9.64. The number of rotatable bonds is 4. The number of carbonyl (C=O) groups is 1. The molecule has 0 aromatic heterocycles. The maximum absolute atomic E-state index is 12.4. The molecule has 5 heteroatoms. The Hall–Kier alpha value is -2.04. The number of guanidine groups is 1. The Bertz CT molecular complexity index is 581. The van der Waals surface area contributed by atoms with Gasteiger partial charge in [0.25, 0.3) is 0 Å². The molecule has 136 valence electrons. The Labute approximate surface area is 151 Å². The number of nitrogens with one attached hydrogen (secondary N) is 1. The average molecular weight is 342 g/mol. The fraction of sp³-hybridized carbons (Fsp3) is 0.600. The first-order chi connectivity index (χ1) is 12.3. The fourth-order valence-electron chi connectivity index (χ4n) is 3.76. The minimum absolute atomic E-state index is 0.161. The van der Waals surface area contributed by atoms with Crippen LogP contribution in [0, 0.1) is 0 Å². The number of benzene rings is 1. The molecule has 1 unspecified atom stereocenters. The second-order valence-corrected chi connectivity index (χ2v) is 6.95. The van der Waals surface area contributed by atoms with Crippen LogP contribution in [0.2, 0.25) is 0 Å². The molecule has 1 aromatic rings. The van der Waals surface area contributed by atoms with Crippen molar-refractivity contribution in [1.82, 2.24) is 15.1 Å². The molecule has 0 radical (unpaired) electrons. The maximum Gasteiger partial charge on any atom is 0.244 e. The number of piperidine rings is 1. The molecule has 0 bridgehead atoms. The Morgan fingerprint density at radius 3 is 2.60 bits per heavy atom. The zero-order valence-corrected chi connectivity index (χ0v) is 15.3. The van der Waals surface area contributed by atoms with E-state index >= 15 is 0 Å². The summed E-state index contributed by atoms with van der Waals surface area (Å²) in [5, 5.41) is 3.36. The lowest BCUT2D eigenvalue weighted by Crippen LogP contribution is -2.42. The smallest absolute Gasteiger partial charge is 0.244 e. The number of hydrogen-bond donors (Lipinski definition) is 1. The number of hydrogen-bond acceptors (Lipinski definition) is 2. The van der Waals surface area contributed by atoms with Gasteiger partial charge in [0, 0.05) is 38.6 Å². The van der Waals surface area contributed by atoms with Crippen molar-refractivity contribution in [1.29, 1.82) is 0 Å². The number of nitrogens with zero attached hydrogens (tertiary/aromatic N) is 3. The van der Waals surface area contributed by atoms with Gasteiger partial charge in [0.1, 0.15) is 6.54 Å². The lowest BCUT2D eigenvalue weighted by atomic mass is 9.99. The van der Waals surface area contributed by atoms with Crippen LogP contribution in [0.4, 0.5) is 0 Å². The van der Waals surface area contributed by atoms with Crippen LogP contribution >= 0.6 is 0 Å². The van der Waals surface area contributed by atoms with Gasteiger partial charge in [0.2, 0.25) is 5.91 Å². The highest BCUT2D eigenvalue weighted by molar-refractivity contribution is 5.85. The molecular weight excluding hydrogens is 312 g/mol. The van der Waals surface area contributed by atoms with E-state index in [0.29, 0.717) is 5.92 Å². The van der Waals surface area contributed by atoms with Crippen LogP contribution in [0.25, 0.3) is 0 Å². The van der Waals surface area contributed by atoms with E-state index in [0.717, 1.165) is 57.9 Å². The van der Waals surface area contributed by atoms with Gasteiger partial charge >= 0.3 is 0 Å². The molecule has 25 heavy (non-hydrogen) atoms. The number of amides is 1. The number of likely N-dealkylation sites (tertiary alicyclic amines) is 2. The van der Waals surface area contributed by atoms with Crippen molar-refractivity contribution >= 4 is 11.9 Å². The van der Waals surface area contributed by atoms with E-state index in [4.69, 9.17) is 0 Å². The van der Waals surface area contributed by atoms with Gasteiger partial charge in [-0.2, -0.15) is 0 Å². The molecule has 0 aliphatic carbocycles. The molecule has 2 fully saturated rings. The first-order valence-corrected chi connectivity index (χ1v) is 9.64. The third-order valence-corrected chi connectivity index (χ3v) is 5.17. The number of aliphatic imine (C=N–C) groups is 1. The minimum atomic E-state index is 0.161. The van der Waals surface area contributed by atoms with Crippen molar-refractivity contribution in [2.45, 2.75) is 38.5 Å². The lowest BCUT2D eigenvalue weighted by Gasteiger charge is -2.26. The Morgan fingerprint density at radius 2 is 1.88 bits per heavy atom. The second-order valence-electron chi connectivity index (χ2n) is 6.95. The van der Waals surface area contributed by atoms with Crippen LogP contribution in [0.3, 0.4) is 0 Å². The van der Waals surface area contributed by atoms with Crippen LogP contribution in [-0.4, -0.2) is 60.9 Å². The summed E-state index contributed by atoms with van der Waals surface area (Å²) in [5.74, 6) is 1.59. The average Bonchev–Trinajstić information content (AvgIpc) is 3.16. The summed E-state index contributed by atoms with van der Waals surface area (Å²) >= 11 is 0. The third kappa shape index (κ3) is 4.74. The molecule has 1 amide bonds. The Balaban J connectivity index is 1.59. The molecular formula is C20H30N4O. The van der Waals surface area contributed by atoms with E-state index in [9.17, 15) is 4.79 Å². The SMILES string of the molecule is CCNC(=NCC(=O)N1CCCCC1)N1CCC(c2ccccc2)C1. The van der Waals surface area contributed by atoms with Gasteiger partial charge in [-0.3, -0.25) is 4.79 Å². The van der Waals surface area contributed by atoms with Crippen LogP contribution < -0.4 is 5.32 Å². The molecule has 2 aliphatic heterocycles. The summed E-state index contributed by atoms with van der Waals surface area (Å²) in [6.07, 6.45) is 4.62. The summed E-state index contributed by atoms with van der Waals surface area (Å²) in [7, 11) is 0. The van der Waals surface area contributed by atoms with Crippen LogP contribution in [0.15, 0.2) is 35.3 Å². The monoisotopic (exact) mass is 342 g/mol. The summed E-state index contributed by atoms with van der Waals surface area (Å²) in [6, 6.07) is 10.7. The van der Waals surface area contributed by atoms with E-state index in [1.807, 2.05) is 4.90 Å². The lowest BCUT2D eigenvalue weighted by molar-refractivity contribution is -0.130. The highest BCUT2D eigenvalue weighted by Crippen LogP contribution is 2.26. The van der Waals surface area contributed by atoms with Gasteiger partial charge < -0.3 is 15.1 Å². The summed E-state index contributed by atoms with van der Waals surface area (Å²) in [5.41, 5.74) is 1.39. The molecule has 1 atom stereocenters.